The van der Waals surface area contributed by atoms with E-state index in [1.807, 2.05) is 60.8 Å². The number of hydrogen-bond donors (Lipinski definition) is 1. The Balaban J connectivity index is 1.47. The lowest BCUT2D eigenvalue weighted by Gasteiger charge is -2.16. The van der Waals surface area contributed by atoms with Crippen molar-refractivity contribution in [2.45, 2.75) is 19.4 Å². The number of carbonyl (C=O) groups is 1. The van der Waals surface area contributed by atoms with Gasteiger partial charge < -0.3 is 4.74 Å². The first kappa shape index (κ1) is 18.1. The highest BCUT2D eigenvalue weighted by Crippen LogP contribution is 2.23. The molecule has 0 aliphatic carbocycles. The van der Waals surface area contributed by atoms with Gasteiger partial charge in [-0.25, -0.2) is 9.97 Å². The molecule has 4 rings (SSSR count). The number of benzene rings is 2. The Morgan fingerprint density at radius 2 is 1.89 bits per heavy atom. The fraction of sp³-hybridized carbons (Fsp3) is 0.143. The lowest BCUT2D eigenvalue weighted by atomic mass is 10.1. The minimum absolute atomic E-state index is 0.207. The number of hydrogen-bond acceptors (Lipinski definition) is 6. The molecule has 2 aromatic carbocycles. The Morgan fingerprint density at radius 3 is 2.61 bits per heavy atom. The summed E-state index contributed by atoms with van der Waals surface area (Å²) in [5.74, 6) is 0.417. The molecular formula is C21H18N4O2S. The smallest absolute Gasteiger partial charge is 0.267 e. The molecule has 0 fully saturated rings. The van der Waals surface area contributed by atoms with Gasteiger partial charge in [0.1, 0.15) is 5.75 Å². The van der Waals surface area contributed by atoms with Gasteiger partial charge in [-0.3, -0.25) is 15.1 Å². The number of ether oxygens (including phenoxy) is 1. The van der Waals surface area contributed by atoms with Gasteiger partial charge in [0, 0.05) is 17.1 Å². The largest absolute Gasteiger partial charge is 0.481 e. The quantitative estimate of drug-likeness (QED) is 0.523. The van der Waals surface area contributed by atoms with Crippen LogP contribution in [0.2, 0.25) is 0 Å². The molecule has 1 N–H and O–H groups in total. The maximum Gasteiger partial charge on any atom is 0.267 e. The van der Waals surface area contributed by atoms with E-state index in [4.69, 9.17) is 4.74 Å². The number of nitrogens with one attached hydrogen (secondary N) is 1. The molecule has 140 valence electrons. The van der Waals surface area contributed by atoms with Crippen molar-refractivity contribution >= 4 is 33.4 Å². The van der Waals surface area contributed by atoms with E-state index in [0.29, 0.717) is 17.3 Å². The highest BCUT2D eigenvalue weighted by molar-refractivity contribution is 7.13. The molecule has 4 aromatic rings. The van der Waals surface area contributed by atoms with Crippen LogP contribution in [0, 0.1) is 0 Å². The fourth-order valence-corrected chi connectivity index (χ4v) is 3.29. The summed E-state index contributed by atoms with van der Waals surface area (Å²) in [4.78, 5) is 25.5. The average molecular weight is 390 g/mol. The van der Waals surface area contributed by atoms with Crippen LogP contribution in [0.3, 0.4) is 0 Å². The molecule has 2 heterocycles. The number of thiazole rings is 1. The Kier molecular flexibility index (Phi) is 5.25. The van der Waals surface area contributed by atoms with Crippen molar-refractivity contribution in [2.24, 2.45) is 0 Å². The summed E-state index contributed by atoms with van der Waals surface area (Å²) < 4.78 is 5.86. The number of anilines is 1. The molecule has 1 amide bonds. The second-order valence-corrected chi connectivity index (χ2v) is 7.00. The molecule has 28 heavy (non-hydrogen) atoms. The van der Waals surface area contributed by atoms with Crippen molar-refractivity contribution < 1.29 is 9.53 Å². The van der Waals surface area contributed by atoms with E-state index >= 15 is 0 Å². The zero-order valence-corrected chi connectivity index (χ0v) is 16.0. The minimum Gasteiger partial charge on any atom is -0.481 e. The summed E-state index contributed by atoms with van der Waals surface area (Å²) >= 11 is 1.37. The van der Waals surface area contributed by atoms with E-state index in [1.165, 1.54) is 11.3 Å². The molecule has 0 spiro atoms. The number of fused-ring (bicyclic) bond motifs is 1. The molecule has 0 saturated heterocycles. The monoisotopic (exact) mass is 390 g/mol. The van der Waals surface area contributed by atoms with E-state index in [-0.39, 0.29) is 5.91 Å². The molecule has 0 aliphatic heterocycles. The van der Waals surface area contributed by atoms with Crippen LogP contribution in [0.4, 0.5) is 5.13 Å². The second-order valence-electron chi connectivity index (χ2n) is 6.11. The summed E-state index contributed by atoms with van der Waals surface area (Å²) in [6.07, 6.45) is 3.37. The third-order valence-electron chi connectivity index (χ3n) is 4.20. The molecule has 7 heteroatoms. The number of amides is 1. The lowest BCUT2D eigenvalue weighted by molar-refractivity contribution is -0.122. The van der Waals surface area contributed by atoms with Gasteiger partial charge in [-0.2, -0.15) is 0 Å². The van der Waals surface area contributed by atoms with E-state index < -0.39 is 6.10 Å². The van der Waals surface area contributed by atoms with Gasteiger partial charge in [0.25, 0.3) is 5.91 Å². The number of carbonyl (C=O) groups excluding carboxylic acids is 1. The van der Waals surface area contributed by atoms with Crippen LogP contribution in [0.25, 0.3) is 22.3 Å². The molecule has 0 saturated carbocycles. The molecular weight excluding hydrogens is 372 g/mol. The molecule has 2 aromatic heterocycles. The topological polar surface area (TPSA) is 77.0 Å². The van der Waals surface area contributed by atoms with Crippen LogP contribution >= 0.6 is 11.3 Å². The predicted molar refractivity (Wildman–Crippen MR) is 110 cm³/mol. The summed E-state index contributed by atoms with van der Waals surface area (Å²) in [6, 6.07) is 15.3. The average Bonchev–Trinajstić information content (AvgIpc) is 3.25. The van der Waals surface area contributed by atoms with E-state index in [1.54, 1.807) is 12.4 Å². The number of nitrogens with zero attached hydrogens (tertiary/aromatic N) is 3. The zero-order valence-electron chi connectivity index (χ0n) is 15.2. The highest BCUT2D eigenvalue weighted by Gasteiger charge is 2.19. The van der Waals surface area contributed by atoms with Crippen molar-refractivity contribution in [1.82, 2.24) is 15.0 Å². The van der Waals surface area contributed by atoms with Crippen LogP contribution in [0.5, 0.6) is 5.75 Å². The third-order valence-corrected chi connectivity index (χ3v) is 4.89. The van der Waals surface area contributed by atoms with Crippen LogP contribution in [-0.4, -0.2) is 27.0 Å². The van der Waals surface area contributed by atoms with Crippen molar-refractivity contribution in [3.05, 3.63) is 66.3 Å². The summed E-state index contributed by atoms with van der Waals surface area (Å²) in [5, 5.41) is 5.15. The van der Waals surface area contributed by atoms with E-state index in [2.05, 4.69) is 20.3 Å². The molecule has 0 unspecified atom stereocenters. The van der Waals surface area contributed by atoms with Crippen LogP contribution in [-0.2, 0) is 4.79 Å². The predicted octanol–water partition coefficient (Wildman–Crippen LogP) is 4.55. The van der Waals surface area contributed by atoms with Gasteiger partial charge in [-0.05, 0) is 42.8 Å². The van der Waals surface area contributed by atoms with Gasteiger partial charge >= 0.3 is 0 Å². The first-order valence-electron chi connectivity index (χ1n) is 8.92. The molecule has 0 bridgehead atoms. The Hall–Kier alpha value is -3.32. The number of para-hydroxylation sites is 2. The van der Waals surface area contributed by atoms with Crippen LogP contribution in [0.15, 0.2) is 66.3 Å². The SMILES string of the molecule is CC[C@H](Oc1ccc(-c2cnc3ccccc3n2)cc1)C(=O)Nc1nccs1. The minimum atomic E-state index is -0.588. The first-order valence-corrected chi connectivity index (χ1v) is 9.80. The Labute approximate surface area is 166 Å². The summed E-state index contributed by atoms with van der Waals surface area (Å²) in [7, 11) is 0. The third kappa shape index (κ3) is 3.99. The van der Waals surface area contributed by atoms with Crippen molar-refractivity contribution in [3.8, 4) is 17.0 Å². The fourth-order valence-electron chi connectivity index (χ4n) is 2.76. The summed E-state index contributed by atoms with van der Waals surface area (Å²) in [6.45, 7) is 1.91. The van der Waals surface area contributed by atoms with E-state index in [9.17, 15) is 4.79 Å². The molecule has 0 aliphatic rings. The van der Waals surface area contributed by atoms with Gasteiger partial charge in [0.15, 0.2) is 11.2 Å². The Morgan fingerprint density at radius 1 is 1.11 bits per heavy atom. The zero-order chi connectivity index (χ0) is 19.3. The maximum atomic E-state index is 12.4. The van der Waals surface area contributed by atoms with E-state index in [0.717, 1.165) is 22.3 Å². The van der Waals surface area contributed by atoms with Gasteiger partial charge in [-0.1, -0.05) is 19.1 Å². The standard InChI is InChI=1S/C21H18N4O2S/c1-2-19(20(26)25-21-22-11-12-28-21)27-15-9-7-14(8-10-15)18-13-23-16-5-3-4-6-17(16)24-18/h3-13,19H,2H2,1H3,(H,22,25,26)/t19-/m0/s1. The summed E-state index contributed by atoms with van der Waals surface area (Å²) in [5.41, 5.74) is 3.44. The lowest BCUT2D eigenvalue weighted by Crippen LogP contribution is -2.32. The molecule has 6 nitrogen and oxygen atoms in total. The highest BCUT2D eigenvalue weighted by atomic mass is 32.1. The Bertz CT molecular complexity index is 1080. The van der Waals surface area contributed by atoms with Crippen molar-refractivity contribution in [2.75, 3.05) is 5.32 Å². The van der Waals surface area contributed by atoms with Crippen molar-refractivity contribution in [1.29, 1.82) is 0 Å². The normalized spacial score (nSPS) is 11.9. The van der Waals surface area contributed by atoms with Crippen LogP contribution in [0.1, 0.15) is 13.3 Å². The van der Waals surface area contributed by atoms with Crippen LogP contribution < -0.4 is 10.1 Å². The second kappa shape index (κ2) is 8.14. The van der Waals surface area contributed by atoms with Gasteiger partial charge in [0.05, 0.1) is 22.9 Å². The van der Waals surface area contributed by atoms with Gasteiger partial charge in [0.2, 0.25) is 0 Å². The number of rotatable bonds is 6. The van der Waals surface area contributed by atoms with Gasteiger partial charge in [-0.15, -0.1) is 11.3 Å². The molecule has 1 atom stereocenters. The molecule has 0 radical (unpaired) electrons. The number of aromatic nitrogens is 3. The van der Waals surface area contributed by atoms with Crippen molar-refractivity contribution in [3.63, 3.8) is 0 Å². The maximum absolute atomic E-state index is 12.4. The first-order chi connectivity index (χ1) is 13.7.